The first kappa shape index (κ1) is 83.3. The van der Waals surface area contributed by atoms with Gasteiger partial charge in [-0.1, -0.05) is 18.2 Å². The van der Waals surface area contributed by atoms with E-state index >= 15 is 0 Å². The fourth-order valence-corrected chi connectivity index (χ4v) is 12.1. The molecule has 1 aliphatic carbocycles. The molecule has 26 atom stereocenters. The van der Waals surface area contributed by atoms with Crippen molar-refractivity contribution in [1.29, 1.82) is 0 Å². The van der Waals surface area contributed by atoms with Crippen LogP contribution in [-0.2, 0) is 61.8 Å². The minimum absolute atomic E-state index is 0.116. The lowest BCUT2D eigenvalue weighted by molar-refractivity contribution is -0.354. The zero-order valence-electron chi connectivity index (χ0n) is 57.9. The topological polar surface area (TPSA) is 649 Å². The van der Waals surface area contributed by atoms with Crippen LogP contribution in [-0.4, -0.2) is 333 Å². The van der Waals surface area contributed by atoms with Gasteiger partial charge in [-0.05, 0) is 95.6 Å². The van der Waals surface area contributed by atoms with Crippen molar-refractivity contribution < 1.29 is 198 Å². The van der Waals surface area contributed by atoms with Crippen LogP contribution in [0.1, 0.15) is 22.3 Å². The van der Waals surface area contributed by atoms with E-state index in [9.17, 15) is 132 Å². The minimum atomic E-state index is -2.10. The van der Waals surface area contributed by atoms with Gasteiger partial charge < -0.3 is 184 Å². The molecule has 6 aliphatic heterocycles. The quantitative estimate of drug-likeness (QED) is 0.00966. The highest BCUT2D eigenvalue weighted by Gasteiger charge is 2.52. The van der Waals surface area contributed by atoms with E-state index in [1.807, 2.05) is 0 Å². The van der Waals surface area contributed by atoms with E-state index in [2.05, 4.69) is 4.74 Å². The van der Waals surface area contributed by atoms with Crippen molar-refractivity contribution in [1.82, 2.24) is 0 Å². The molecule has 0 radical (unpaired) electrons. The highest BCUT2D eigenvalue weighted by molar-refractivity contribution is 5.88. The summed E-state index contributed by atoms with van der Waals surface area (Å²) in [4.78, 5) is 38.5. The summed E-state index contributed by atoms with van der Waals surface area (Å²) in [5.41, 5.74) is 0.333. The van der Waals surface area contributed by atoms with Crippen molar-refractivity contribution in [2.45, 2.75) is 160 Å². The fraction of sp³-hybridized carbons (Fsp3) is 0.431. The number of phenols is 5. The zero-order valence-corrected chi connectivity index (χ0v) is 57.9. The molecule has 4 aromatic carbocycles. The first-order valence-corrected chi connectivity index (χ1v) is 34.2. The maximum atomic E-state index is 13.1. The fourth-order valence-electron chi connectivity index (χ4n) is 12.1. The van der Waals surface area contributed by atoms with E-state index in [1.54, 1.807) is 0 Å². The van der Waals surface area contributed by atoms with E-state index in [4.69, 9.17) is 61.6 Å². The van der Waals surface area contributed by atoms with Crippen LogP contribution in [0.25, 0.3) is 24.0 Å². The van der Waals surface area contributed by atoms with Crippen LogP contribution in [0.3, 0.4) is 0 Å². The number of aromatic hydroxyl groups is 5. The summed E-state index contributed by atoms with van der Waals surface area (Å²) in [6.45, 7) is -3.87. The lowest BCUT2D eigenvalue weighted by Crippen LogP contribution is -2.60. The van der Waals surface area contributed by atoms with Gasteiger partial charge in [0.05, 0.1) is 18.8 Å². The molecule has 0 amide bonds. The third-order valence-electron chi connectivity index (χ3n) is 18.5. The number of esters is 3. The van der Waals surface area contributed by atoms with Gasteiger partial charge in [-0.15, -0.1) is 0 Å². The number of allylic oxidation sites excluding steroid dienone is 1. The van der Waals surface area contributed by atoms with Crippen molar-refractivity contribution in [3.05, 3.63) is 154 Å². The second-order valence-corrected chi connectivity index (χ2v) is 26.3. The average Bonchev–Trinajstić information content (AvgIpc) is 0.763. The summed E-state index contributed by atoms with van der Waals surface area (Å²) < 4.78 is 77.3. The van der Waals surface area contributed by atoms with Crippen LogP contribution >= 0.6 is 0 Å². The van der Waals surface area contributed by atoms with Gasteiger partial charge >= 0.3 is 17.9 Å². The summed E-state index contributed by atoms with van der Waals surface area (Å²) in [7, 11) is 0. The lowest BCUT2D eigenvalue weighted by atomic mass is 9.97. The Hall–Kier alpha value is -9.65. The smallest absolute Gasteiger partial charge is 0.330 e. The molecule has 0 bridgehead atoms. The van der Waals surface area contributed by atoms with E-state index < -0.39 is 257 Å². The van der Waals surface area contributed by atoms with E-state index in [0.29, 0.717) is 5.56 Å². The number of phenolic OH excluding ortho intramolecular Hbond substituents is 5. The van der Waals surface area contributed by atoms with Gasteiger partial charge in [0.2, 0.25) is 31.3 Å². The van der Waals surface area contributed by atoms with Crippen molar-refractivity contribution in [2.75, 3.05) is 33.0 Å². The van der Waals surface area contributed by atoms with Crippen molar-refractivity contribution in [3.8, 4) is 46.0 Å². The number of ether oxygens (including phenoxy) is 14. The molecule has 6 heterocycles. The van der Waals surface area contributed by atoms with Gasteiger partial charge in [-0.25, -0.2) is 14.4 Å². The summed E-state index contributed by atoms with van der Waals surface area (Å²) in [5, 5.41) is 244. The Bertz CT molecular complexity index is 4230. The molecule has 5 saturated heterocycles. The molecular weight excluding hydrogens is 1500 g/mol. The molecule has 112 heavy (non-hydrogen) atoms. The molecule has 40 heteroatoms. The van der Waals surface area contributed by atoms with Gasteiger partial charge in [0, 0.05) is 35.9 Å². The molecule has 0 aromatic heterocycles. The first-order chi connectivity index (χ1) is 53.3. The number of aliphatic hydroxyl groups excluding tert-OH is 18. The SMILES string of the molecule is O=C(C=Cc1ccc(OC2OC(CO)C(O)C(O)C2O)c(O)c1)OCC1OC(Oc2ccc(C=CC(=O)OCC3OC(Oc4cc(C5=C(OC6OC(CO)C(O)C(O)C6O)C=C6C(O)=CC([OH+]C7OC(COC(=O)C=Cc8ccc(O)c(O)c8)C(O)C(O)C7O)C=C6O5)ccc4O)C(O)C(O)C3O)cc2O)C(O)C(O)C1O. The second kappa shape index (κ2) is 36.0. The minimum Gasteiger partial charge on any atom is -0.507 e. The van der Waals surface area contributed by atoms with E-state index in [-0.39, 0.29) is 45.3 Å². The van der Waals surface area contributed by atoms with Gasteiger partial charge in [-0.3, -0.25) is 0 Å². The van der Waals surface area contributed by atoms with Gasteiger partial charge in [0.15, 0.2) is 63.6 Å². The molecule has 40 nitrogen and oxygen atoms in total. The number of hydrogen-bond donors (Lipinski definition) is 23. The van der Waals surface area contributed by atoms with Crippen LogP contribution in [0.15, 0.2) is 132 Å². The van der Waals surface area contributed by atoms with Crippen LogP contribution in [0, 0.1) is 0 Å². The molecule has 7 aliphatic rings. The number of fused-ring (bicyclic) bond motifs is 1. The number of hydrogen-bond acceptors (Lipinski definition) is 39. The molecule has 24 N–H and O–H groups in total. The molecular formula is C72H81O40+. The number of carbonyl (C=O) groups excluding carboxylic acids is 3. The number of carbonyl (C=O) groups is 3. The maximum absolute atomic E-state index is 13.1. The predicted octanol–water partition coefficient (Wildman–Crippen LogP) is -5.98. The highest BCUT2D eigenvalue weighted by atomic mass is 16.7. The molecule has 0 spiro atoms. The average molecular weight is 1590 g/mol. The largest absolute Gasteiger partial charge is 0.507 e. The van der Waals surface area contributed by atoms with Crippen LogP contribution in [0.5, 0.6) is 46.0 Å². The Morgan fingerprint density at radius 3 is 1.21 bits per heavy atom. The lowest BCUT2D eigenvalue weighted by Gasteiger charge is -2.40. The standard InChI is InChI=1S/C72H80O40/c73-22-44-52(84)57(89)63(95)69(108-44)104-39-10-2-28(16-37(39)79)5-13-50(82)100-25-47-55(87)60(92)65(97)70(111-47)105-40-11-3-29(17-38(40)80)6-14-51(83)101-26-48-56(88)61(93)66(98)71(112-48)106-42-18-30(7-9-34(42)76)67-43(107-72-64(96)58(90)53(85)45(23-74)109-72)21-32-35(77)19-31(20-41(32)103-67)102-68-62(94)59(91)54(86)46(110-68)24-99-49(81)12-4-27-1-8-33(75)36(78)15-27/h1-21,31,44-48,52-66,68-80,84-98H,22-26H2/p+1. The summed E-state index contributed by atoms with van der Waals surface area (Å²) in [5.74, 6) is -8.57. The summed E-state index contributed by atoms with van der Waals surface area (Å²) in [6, 6.07) is 14.3. The Kier molecular flexibility index (Phi) is 26.8. The number of aliphatic hydroxyl groups is 20. The first-order valence-electron chi connectivity index (χ1n) is 34.2. The number of rotatable bonds is 25. The monoisotopic (exact) mass is 1590 g/mol. The Morgan fingerprint density at radius 1 is 0.384 bits per heavy atom. The third kappa shape index (κ3) is 19.0. The van der Waals surface area contributed by atoms with Crippen molar-refractivity contribution in [3.63, 3.8) is 0 Å². The Balaban J connectivity index is 0.708. The normalized spacial score (nSPS) is 34.2. The van der Waals surface area contributed by atoms with Gasteiger partial charge in [0.25, 0.3) is 6.29 Å². The van der Waals surface area contributed by atoms with E-state index in [1.165, 1.54) is 54.6 Å². The molecule has 4 aromatic rings. The molecule has 26 unspecified atom stereocenters. The number of benzene rings is 4. The highest BCUT2D eigenvalue weighted by Crippen LogP contribution is 2.43. The van der Waals surface area contributed by atoms with Gasteiger partial charge in [-0.2, -0.15) is 0 Å². The molecule has 0 saturated carbocycles. The predicted molar refractivity (Wildman–Crippen MR) is 366 cm³/mol. The maximum Gasteiger partial charge on any atom is 0.330 e. The zero-order chi connectivity index (χ0) is 80.8. The molecule has 11 rings (SSSR count). The molecule has 5 fully saturated rings. The summed E-state index contributed by atoms with van der Waals surface area (Å²) >= 11 is 0. The van der Waals surface area contributed by atoms with Crippen molar-refractivity contribution in [2.24, 2.45) is 0 Å². The second-order valence-electron chi connectivity index (χ2n) is 26.3. The van der Waals surface area contributed by atoms with Crippen LogP contribution in [0.2, 0.25) is 0 Å². The van der Waals surface area contributed by atoms with E-state index in [0.717, 1.165) is 72.9 Å². The van der Waals surface area contributed by atoms with Crippen molar-refractivity contribution >= 4 is 41.9 Å². The summed E-state index contributed by atoms with van der Waals surface area (Å²) in [6.07, 6.45) is -36.6. The Labute approximate surface area is 631 Å². The van der Waals surface area contributed by atoms with Crippen LogP contribution < -0.4 is 14.2 Å². The third-order valence-corrected chi connectivity index (χ3v) is 18.5. The molecule has 608 valence electrons. The Morgan fingerprint density at radius 2 is 0.768 bits per heavy atom. The van der Waals surface area contributed by atoms with Gasteiger partial charge in [0.1, 0.15) is 147 Å². The van der Waals surface area contributed by atoms with Crippen LogP contribution in [0.4, 0.5) is 0 Å².